The van der Waals surface area contributed by atoms with Gasteiger partial charge in [0.25, 0.3) is 5.91 Å². The number of hydrogen-bond acceptors (Lipinski definition) is 9. The molecule has 0 unspecified atom stereocenters. The molecule has 192 valence electrons. The molecule has 4 aromatic rings. The first-order valence-electron chi connectivity index (χ1n) is 12.1. The van der Waals surface area contributed by atoms with Crippen LogP contribution >= 0.6 is 0 Å². The van der Waals surface area contributed by atoms with Gasteiger partial charge in [0, 0.05) is 31.5 Å². The number of hydrogen-bond donors (Lipinski definition) is 4. The maximum absolute atomic E-state index is 12.2. The number of fused-ring (bicyclic) bond motifs is 1. The summed E-state index contributed by atoms with van der Waals surface area (Å²) in [7, 11) is 1.44. The highest BCUT2D eigenvalue weighted by molar-refractivity contribution is 5.85. The lowest BCUT2D eigenvalue weighted by Gasteiger charge is -2.17. The van der Waals surface area contributed by atoms with Crippen molar-refractivity contribution in [2.45, 2.75) is 51.4 Å². The third-order valence-corrected chi connectivity index (χ3v) is 6.44. The Morgan fingerprint density at radius 3 is 2.73 bits per heavy atom. The van der Waals surface area contributed by atoms with E-state index >= 15 is 0 Å². The van der Waals surface area contributed by atoms with Crippen molar-refractivity contribution in [3.8, 4) is 11.4 Å². The van der Waals surface area contributed by atoms with Gasteiger partial charge in [0.05, 0.1) is 6.33 Å². The number of benzene rings is 1. The molecule has 4 heterocycles. The van der Waals surface area contributed by atoms with E-state index in [1.54, 1.807) is 12.4 Å². The quantitative estimate of drug-likeness (QED) is 0.296. The molecule has 0 saturated carbocycles. The fourth-order valence-corrected chi connectivity index (χ4v) is 4.41. The fourth-order valence-electron chi connectivity index (χ4n) is 4.41. The Morgan fingerprint density at radius 1 is 1.14 bits per heavy atom. The summed E-state index contributed by atoms with van der Waals surface area (Å²) in [6, 6.07) is 10.1. The average molecular weight is 504 g/mol. The predicted octanol–water partition coefficient (Wildman–Crippen LogP) is 1.74. The minimum Gasteiger partial charge on any atom is -0.387 e. The normalized spacial score (nSPS) is 21.3. The van der Waals surface area contributed by atoms with Crippen molar-refractivity contribution in [3.63, 3.8) is 0 Å². The van der Waals surface area contributed by atoms with Gasteiger partial charge in [-0.05, 0) is 30.5 Å². The van der Waals surface area contributed by atoms with Gasteiger partial charge in [0.2, 0.25) is 0 Å². The fraction of sp³-hybridized carbons (Fsp3) is 0.346. The highest BCUT2D eigenvalue weighted by Crippen LogP contribution is 2.33. The van der Waals surface area contributed by atoms with Crippen LogP contribution in [0.5, 0.6) is 0 Å². The number of anilines is 1. The van der Waals surface area contributed by atoms with E-state index in [1.807, 2.05) is 38.1 Å². The highest BCUT2D eigenvalue weighted by Gasteiger charge is 2.47. The minimum absolute atomic E-state index is 0.382. The van der Waals surface area contributed by atoms with Crippen LogP contribution in [0.25, 0.3) is 22.6 Å². The molecule has 4 N–H and O–H groups in total. The molecule has 1 aliphatic rings. The number of rotatable bonds is 7. The number of nitrogens with one attached hydrogen (secondary N) is 2. The van der Waals surface area contributed by atoms with E-state index in [2.05, 4.69) is 26.7 Å². The summed E-state index contributed by atoms with van der Waals surface area (Å²) >= 11 is 0. The van der Waals surface area contributed by atoms with Crippen LogP contribution in [0, 0.1) is 6.92 Å². The molecule has 4 atom stereocenters. The third kappa shape index (κ3) is 4.76. The Hall–Kier alpha value is -3.93. The zero-order valence-corrected chi connectivity index (χ0v) is 20.8. The zero-order chi connectivity index (χ0) is 26.1. The molecule has 1 aromatic carbocycles. The summed E-state index contributed by atoms with van der Waals surface area (Å²) in [6.07, 6.45) is 0.682. The topological polar surface area (TPSA) is 147 Å². The van der Waals surface area contributed by atoms with Gasteiger partial charge in [-0.15, -0.1) is 0 Å². The molecule has 1 fully saturated rings. The summed E-state index contributed by atoms with van der Waals surface area (Å²) in [4.78, 5) is 30.5. The van der Waals surface area contributed by atoms with Gasteiger partial charge in [-0.25, -0.2) is 15.0 Å². The Morgan fingerprint density at radius 2 is 1.97 bits per heavy atom. The van der Waals surface area contributed by atoms with Gasteiger partial charge in [-0.2, -0.15) is 0 Å². The largest absolute Gasteiger partial charge is 0.387 e. The first kappa shape index (κ1) is 24.8. The molecule has 11 nitrogen and oxygen atoms in total. The van der Waals surface area contributed by atoms with E-state index in [-0.39, 0.29) is 0 Å². The molecule has 11 heteroatoms. The van der Waals surface area contributed by atoms with Crippen LogP contribution in [0.15, 0.2) is 49.1 Å². The average Bonchev–Trinajstić information content (AvgIpc) is 3.47. The molecule has 5 rings (SSSR count). The van der Waals surface area contributed by atoms with Crippen LogP contribution in [0.3, 0.4) is 0 Å². The molecule has 0 spiro atoms. The number of amides is 1. The van der Waals surface area contributed by atoms with Crippen molar-refractivity contribution in [2.75, 3.05) is 12.4 Å². The number of nitrogens with zero attached hydrogens (tertiary/aromatic N) is 5. The van der Waals surface area contributed by atoms with Gasteiger partial charge in [-0.3, -0.25) is 14.3 Å². The number of aliphatic hydroxyl groups is 2. The van der Waals surface area contributed by atoms with Crippen molar-refractivity contribution in [1.29, 1.82) is 0 Å². The number of carbonyl (C=O) groups is 1. The zero-order valence-electron chi connectivity index (χ0n) is 20.8. The number of likely N-dealkylation sites (N-methyl/N-ethyl adjacent to an activating group) is 1. The van der Waals surface area contributed by atoms with Crippen molar-refractivity contribution < 1.29 is 19.7 Å². The lowest BCUT2D eigenvalue weighted by Crippen LogP contribution is -2.41. The van der Waals surface area contributed by atoms with Gasteiger partial charge in [0.15, 0.2) is 35.1 Å². The van der Waals surface area contributed by atoms with Crippen molar-refractivity contribution in [2.24, 2.45) is 0 Å². The Labute approximate surface area is 213 Å². The number of imidazole rings is 1. The van der Waals surface area contributed by atoms with Crippen LogP contribution in [0.2, 0.25) is 0 Å². The van der Waals surface area contributed by atoms with E-state index < -0.39 is 30.4 Å². The van der Waals surface area contributed by atoms with E-state index in [0.717, 1.165) is 28.7 Å². The molecule has 0 radical (unpaired) electrons. The summed E-state index contributed by atoms with van der Waals surface area (Å²) in [5.41, 5.74) is 4.83. The number of aromatic nitrogens is 5. The predicted molar refractivity (Wildman–Crippen MR) is 136 cm³/mol. The van der Waals surface area contributed by atoms with Gasteiger partial charge < -0.3 is 25.6 Å². The van der Waals surface area contributed by atoms with Crippen LogP contribution in [0.4, 0.5) is 5.82 Å². The third-order valence-electron chi connectivity index (χ3n) is 6.44. The summed E-state index contributed by atoms with van der Waals surface area (Å²) in [5, 5.41) is 27.0. The maximum Gasteiger partial charge on any atom is 0.251 e. The lowest BCUT2D eigenvalue weighted by molar-refractivity contribution is -0.137. The van der Waals surface area contributed by atoms with Crippen LogP contribution in [-0.2, 0) is 22.5 Å². The summed E-state index contributed by atoms with van der Waals surface area (Å²) in [5.74, 6) is 0.384. The van der Waals surface area contributed by atoms with Gasteiger partial charge >= 0.3 is 0 Å². The second-order valence-electron chi connectivity index (χ2n) is 9.04. The van der Waals surface area contributed by atoms with Crippen LogP contribution < -0.4 is 10.6 Å². The van der Waals surface area contributed by atoms with Gasteiger partial charge in [0.1, 0.15) is 12.2 Å². The second-order valence-corrected chi connectivity index (χ2v) is 9.04. The number of aliphatic hydroxyl groups excluding tert-OH is 2. The molecule has 3 aromatic heterocycles. The molecule has 1 saturated heterocycles. The lowest BCUT2D eigenvalue weighted by atomic mass is 10.1. The van der Waals surface area contributed by atoms with E-state index in [1.165, 1.54) is 17.9 Å². The smallest absolute Gasteiger partial charge is 0.251 e. The number of pyridine rings is 1. The number of ether oxygens (including phenoxy) is 1. The van der Waals surface area contributed by atoms with Crippen LogP contribution in [0.1, 0.15) is 29.8 Å². The highest BCUT2D eigenvalue weighted by atomic mass is 16.6. The molecule has 1 amide bonds. The molecule has 0 bridgehead atoms. The second kappa shape index (κ2) is 10.2. The number of aryl methyl sites for hydroxylation is 2. The Balaban J connectivity index is 1.59. The monoisotopic (exact) mass is 503 g/mol. The molecular formula is C26H29N7O4. The summed E-state index contributed by atoms with van der Waals surface area (Å²) < 4.78 is 7.29. The molecule has 1 aliphatic heterocycles. The minimum atomic E-state index is -1.41. The molecule has 0 aliphatic carbocycles. The SMILES string of the molecule is CCc1cncc(-c2nc(NCc3cccc(C)c3)c3ncn([C@@H]4O[C@H](C(=O)NC)[C@@H](O)[C@H]4O)c3n2)c1. The standard InChI is InChI=1S/C26H29N7O4/c1-4-15-9-17(12-28-10-15)22-31-23(29-11-16-7-5-6-14(2)8-16)18-24(32-22)33(13-30-18)26-20(35)19(34)21(37-26)25(36)27-3/h5-10,12-13,19-21,26,34-35H,4,11H2,1-3H3,(H,27,36)(H,29,31,32)/t19-,20+,21-,26+/m0/s1. The van der Waals surface area contributed by atoms with Crippen molar-refractivity contribution in [1.82, 2.24) is 29.8 Å². The molecule has 37 heavy (non-hydrogen) atoms. The Kier molecular flexibility index (Phi) is 6.83. The first-order valence-corrected chi connectivity index (χ1v) is 12.1. The van der Waals surface area contributed by atoms with E-state index in [0.29, 0.717) is 29.4 Å². The van der Waals surface area contributed by atoms with E-state index in [4.69, 9.17) is 14.7 Å². The maximum atomic E-state index is 12.2. The number of carbonyl (C=O) groups excluding carboxylic acids is 1. The van der Waals surface area contributed by atoms with Crippen molar-refractivity contribution >= 4 is 22.9 Å². The molecular weight excluding hydrogens is 474 g/mol. The van der Waals surface area contributed by atoms with E-state index in [9.17, 15) is 15.0 Å². The van der Waals surface area contributed by atoms with Crippen molar-refractivity contribution in [3.05, 3.63) is 65.7 Å². The van der Waals surface area contributed by atoms with Crippen LogP contribution in [-0.4, -0.2) is 66.0 Å². The first-order chi connectivity index (χ1) is 17.9. The Bertz CT molecular complexity index is 1440. The van der Waals surface area contributed by atoms with Gasteiger partial charge in [-0.1, -0.05) is 36.8 Å². The summed E-state index contributed by atoms with van der Waals surface area (Å²) in [6.45, 7) is 4.59.